The molecule has 1 aromatic heterocycles. The van der Waals surface area contributed by atoms with Crippen LogP contribution in [0, 0.1) is 0 Å². The number of nitrogens with zero attached hydrogens (tertiary/aromatic N) is 2. The molecule has 0 amide bonds. The minimum Gasteiger partial charge on any atom is -0.311 e. The molecule has 1 unspecified atom stereocenters. The Bertz CT molecular complexity index is 535. The molecular weight excluding hydrogens is 242 g/mol. The summed E-state index contributed by atoms with van der Waals surface area (Å²) in [5.74, 6) is 1.83. The summed E-state index contributed by atoms with van der Waals surface area (Å²) in [7, 11) is 1.98. The first-order chi connectivity index (χ1) is 8.84. The summed E-state index contributed by atoms with van der Waals surface area (Å²) in [5.41, 5.74) is 2.73. The molecule has 0 bridgehead atoms. The van der Waals surface area contributed by atoms with Crippen molar-refractivity contribution in [2.24, 2.45) is 7.05 Å². The summed E-state index contributed by atoms with van der Waals surface area (Å²) in [6.45, 7) is 1.93. The Balaban J connectivity index is 1.58. The molecule has 1 atom stereocenters. The predicted octanol–water partition coefficient (Wildman–Crippen LogP) is 2.40. The first-order valence-corrected chi connectivity index (χ1v) is 7.22. The monoisotopic (exact) mass is 259 g/mol. The number of aromatic nitrogens is 2. The fourth-order valence-electron chi connectivity index (χ4n) is 2.35. The minimum atomic E-state index is 0.638. The summed E-state index contributed by atoms with van der Waals surface area (Å²) < 4.78 is 1.92. The Morgan fingerprint density at radius 2 is 2.28 bits per heavy atom. The van der Waals surface area contributed by atoms with Gasteiger partial charge in [0.1, 0.15) is 0 Å². The van der Waals surface area contributed by atoms with E-state index in [4.69, 9.17) is 0 Å². The third-order valence-electron chi connectivity index (χ3n) is 3.42. The maximum absolute atomic E-state index is 4.18. The quantitative estimate of drug-likeness (QED) is 0.914. The van der Waals surface area contributed by atoms with Crippen molar-refractivity contribution in [3.05, 3.63) is 47.8 Å². The van der Waals surface area contributed by atoms with E-state index < -0.39 is 0 Å². The van der Waals surface area contributed by atoms with Crippen LogP contribution in [0.15, 0.2) is 41.4 Å². The van der Waals surface area contributed by atoms with Crippen LogP contribution in [-0.4, -0.2) is 22.1 Å². The summed E-state index contributed by atoms with van der Waals surface area (Å²) in [4.78, 5) is 1.45. The molecule has 4 heteroatoms. The molecule has 1 N–H and O–H groups in total. The van der Waals surface area contributed by atoms with E-state index in [9.17, 15) is 0 Å². The molecule has 2 aromatic rings. The van der Waals surface area contributed by atoms with Crippen LogP contribution in [0.5, 0.6) is 0 Å². The van der Waals surface area contributed by atoms with Crippen molar-refractivity contribution >= 4 is 11.8 Å². The number of thioether (sulfide) groups is 1. The van der Waals surface area contributed by atoms with Crippen molar-refractivity contribution in [3.63, 3.8) is 0 Å². The average molecular weight is 259 g/mol. The lowest BCUT2D eigenvalue weighted by Crippen LogP contribution is -2.22. The van der Waals surface area contributed by atoms with Crippen molar-refractivity contribution in [2.45, 2.75) is 17.4 Å². The van der Waals surface area contributed by atoms with Crippen LogP contribution in [0.4, 0.5) is 0 Å². The summed E-state index contributed by atoms with van der Waals surface area (Å²) in [6, 6.07) is 10.8. The molecule has 0 fully saturated rings. The standard InChI is InChI=1S/C14H17N3S/c1-17-12(6-7-16-17)9-15-8-11-10-18-14-5-3-2-4-13(11)14/h2-7,11,15H,8-10H2,1H3. The molecule has 2 heterocycles. The van der Waals surface area contributed by atoms with E-state index in [1.54, 1.807) is 0 Å². The normalized spacial score (nSPS) is 17.9. The topological polar surface area (TPSA) is 29.9 Å². The van der Waals surface area contributed by atoms with Crippen molar-refractivity contribution in [2.75, 3.05) is 12.3 Å². The fourth-order valence-corrected chi connectivity index (χ4v) is 3.60. The number of rotatable bonds is 4. The van der Waals surface area contributed by atoms with Gasteiger partial charge in [-0.15, -0.1) is 11.8 Å². The number of hydrogen-bond acceptors (Lipinski definition) is 3. The van der Waals surface area contributed by atoms with Gasteiger partial charge in [-0.1, -0.05) is 18.2 Å². The first kappa shape index (κ1) is 11.8. The molecule has 1 aliphatic heterocycles. The van der Waals surface area contributed by atoms with Gasteiger partial charge in [0, 0.05) is 42.9 Å². The van der Waals surface area contributed by atoms with Gasteiger partial charge in [0.25, 0.3) is 0 Å². The van der Waals surface area contributed by atoms with Gasteiger partial charge in [-0.2, -0.15) is 5.10 Å². The highest BCUT2D eigenvalue weighted by Crippen LogP contribution is 2.38. The second kappa shape index (κ2) is 5.16. The lowest BCUT2D eigenvalue weighted by molar-refractivity contribution is 0.589. The van der Waals surface area contributed by atoms with Gasteiger partial charge in [0.05, 0.1) is 5.69 Å². The van der Waals surface area contributed by atoms with Crippen LogP contribution in [-0.2, 0) is 13.6 Å². The second-order valence-corrected chi connectivity index (χ2v) is 5.68. The van der Waals surface area contributed by atoms with Crippen LogP contribution in [0.2, 0.25) is 0 Å². The summed E-state index contributed by atoms with van der Waals surface area (Å²) in [5, 5.41) is 7.71. The van der Waals surface area contributed by atoms with E-state index in [-0.39, 0.29) is 0 Å². The minimum absolute atomic E-state index is 0.638. The maximum Gasteiger partial charge on any atom is 0.0518 e. The van der Waals surface area contributed by atoms with Crippen molar-refractivity contribution in [1.29, 1.82) is 0 Å². The Kier molecular flexibility index (Phi) is 3.39. The largest absolute Gasteiger partial charge is 0.311 e. The molecule has 3 nitrogen and oxygen atoms in total. The smallest absolute Gasteiger partial charge is 0.0518 e. The molecule has 0 saturated carbocycles. The number of nitrogens with one attached hydrogen (secondary N) is 1. The van der Waals surface area contributed by atoms with E-state index in [1.165, 1.54) is 21.9 Å². The third kappa shape index (κ3) is 2.31. The van der Waals surface area contributed by atoms with E-state index in [0.717, 1.165) is 13.1 Å². The maximum atomic E-state index is 4.18. The van der Waals surface area contributed by atoms with Crippen LogP contribution in [0.25, 0.3) is 0 Å². The van der Waals surface area contributed by atoms with Gasteiger partial charge in [0.15, 0.2) is 0 Å². The van der Waals surface area contributed by atoms with Crippen LogP contribution in [0.1, 0.15) is 17.2 Å². The summed E-state index contributed by atoms with van der Waals surface area (Å²) >= 11 is 1.97. The number of benzene rings is 1. The lowest BCUT2D eigenvalue weighted by Gasteiger charge is -2.12. The van der Waals surface area contributed by atoms with Crippen LogP contribution in [0.3, 0.4) is 0 Å². The Labute approximate surface area is 112 Å². The van der Waals surface area contributed by atoms with Crippen LogP contribution < -0.4 is 5.32 Å². The molecule has 1 aliphatic rings. The molecular formula is C14H17N3S. The van der Waals surface area contributed by atoms with Gasteiger partial charge >= 0.3 is 0 Å². The predicted molar refractivity (Wildman–Crippen MR) is 74.8 cm³/mol. The number of aryl methyl sites for hydroxylation is 1. The Hall–Kier alpha value is -1.26. The molecule has 3 rings (SSSR count). The van der Waals surface area contributed by atoms with Gasteiger partial charge in [-0.25, -0.2) is 0 Å². The van der Waals surface area contributed by atoms with Crippen molar-refractivity contribution < 1.29 is 0 Å². The zero-order chi connectivity index (χ0) is 12.4. The van der Waals surface area contributed by atoms with Gasteiger partial charge in [0.2, 0.25) is 0 Å². The second-order valence-electron chi connectivity index (χ2n) is 4.62. The Morgan fingerprint density at radius 3 is 3.11 bits per heavy atom. The third-order valence-corrected chi connectivity index (χ3v) is 4.67. The molecule has 1 aromatic carbocycles. The molecule has 94 valence electrons. The zero-order valence-corrected chi connectivity index (χ0v) is 11.3. The first-order valence-electron chi connectivity index (χ1n) is 6.24. The van der Waals surface area contributed by atoms with E-state index in [2.05, 4.69) is 40.7 Å². The van der Waals surface area contributed by atoms with Gasteiger partial charge in [-0.3, -0.25) is 4.68 Å². The molecule has 0 aliphatic carbocycles. The average Bonchev–Trinajstić information content (AvgIpc) is 2.97. The Morgan fingerprint density at radius 1 is 1.39 bits per heavy atom. The highest BCUT2D eigenvalue weighted by Gasteiger charge is 2.21. The summed E-state index contributed by atoms with van der Waals surface area (Å²) in [6.07, 6.45) is 1.84. The van der Waals surface area contributed by atoms with Gasteiger partial charge in [-0.05, 0) is 17.7 Å². The highest BCUT2D eigenvalue weighted by atomic mass is 32.2. The molecule has 0 radical (unpaired) electrons. The fraction of sp³-hybridized carbons (Fsp3) is 0.357. The highest BCUT2D eigenvalue weighted by molar-refractivity contribution is 7.99. The van der Waals surface area contributed by atoms with E-state index in [0.29, 0.717) is 5.92 Å². The zero-order valence-electron chi connectivity index (χ0n) is 10.5. The molecule has 18 heavy (non-hydrogen) atoms. The molecule has 0 spiro atoms. The van der Waals surface area contributed by atoms with E-state index in [1.807, 2.05) is 29.7 Å². The SMILES string of the molecule is Cn1nccc1CNCC1CSc2ccccc21. The van der Waals surface area contributed by atoms with E-state index >= 15 is 0 Å². The number of hydrogen-bond donors (Lipinski definition) is 1. The lowest BCUT2D eigenvalue weighted by atomic mass is 10.0. The molecule has 0 saturated heterocycles. The van der Waals surface area contributed by atoms with Gasteiger partial charge < -0.3 is 5.32 Å². The van der Waals surface area contributed by atoms with Crippen molar-refractivity contribution in [3.8, 4) is 0 Å². The number of fused-ring (bicyclic) bond motifs is 1. The van der Waals surface area contributed by atoms with Crippen LogP contribution >= 0.6 is 11.8 Å². The van der Waals surface area contributed by atoms with Crippen molar-refractivity contribution in [1.82, 2.24) is 15.1 Å².